The normalized spacial score (nSPS) is 10.4. The molecule has 0 aliphatic rings. The summed E-state index contributed by atoms with van der Waals surface area (Å²) in [4.78, 5) is 0. The Morgan fingerprint density at radius 1 is 1.08 bits per heavy atom. The number of benzene rings is 2. The molecule has 0 saturated heterocycles. The average molecular weight is 157 g/mol. The van der Waals surface area contributed by atoms with Crippen LogP contribution in [-0.4, -0.2) is 5.11 Å². The molecular formula is C11H9O. The molecule has 0 fully saturated rings. The molecule has 0 unspecified atom stereocenters. The summed E-state index contributed by atoms with van der Waals surface area (Å²) in [6.07, 6.45) is 0. The molecule has 2 aromatic carbocycles. The lowest BCUT2D eigenvalue weighted by atomic mass is 10.1. The van der Waals surface area contributed by atoms with Crippen LogP contribution in [0.15, 0.2) is 36.4 Å². The first kappa shape index (κ1) is 7.17. The highest BCUT2D eigenvalue weighted by Crippen LogP contribution is 2.25. The molecular weight excluding hydrogens is 148 g/mol. The SMILES string of the molecule is [CH2]c1cc(O)c2ccccc2c1. The summed E-state index contributed by atoms with van der Waals surface area (Å²) in [6.45, 7) is 3.77. The Morgan fingerprint density at radius 3 is 2.67 bits per heavy atom. The molecule has 0 bridgehead atoms. The summed E-state index contributed by atoms with van der Waals surface area (Å²) in [5.74, 6) is 0.304. The summed E-state index contributed by atoms with van der Waals surface area (Å²) >= 11 is 0. The molecule has 0 heterocycles. The molecule has 1 heteroatoms. The second-order valence-electron chi connectivity index (χ2n) is 2.84. The van der Waals surface area contributed by atoms with Gasteiger partial charge in [0.05, 0.1) is 0 Å². The van der Waals surface area contributed by atoms with Crippen LogP contribution in [0.3, 0.4) is 0 Å². The van der Waals surface area contributed by atoms with Gasteiger partial charge < -0.3 is 5.11 Å². The molecule has 0 spiro atoms. The van der Waals surface area contributed by atoms with E-state index >= 15 is 0 Å². The van der Waals surface area contributed by atoms with Crippen molar-refractivity contribution in [2.45, 2.75) is 0 Å². The molecule has 1 nitrogen and oxygen atoms in total. The van der Waals surface area contributed by atoms with E-state index in [4.69, 9.17) is 0 Å². The number of aromatic hydroxyl groups is 1. The van der Waals surface area contributed by atoms with Gasteiger partial charge in [-0.05, 0) is 23.9 Å². The number of phenols is 1. The fourth-order valence-electron chi connectivity index (χ4n) is 1.35. The summed E-state index contributed by atoms with van der Waals surface area (Å²) in [5, 5.41) is 11.4. The van der Waals surface area contributed by atoms with Gasteiger partial charge in [-0.25, -0.2) is 0 Å². The molecule has 1 radical (unpaired) electrons. The zero-order chi connectivity index (χ0) is 8.55. The Balaban J connectivity index is 2.89. The van der Waals surface area contributed by atoms with Crippen LogP contribution >= 0.6 is 0 Å². The predicted octanol–water partition coefficient (Wildman–Crippen LogP) is 2.73. The smallest absolute Gasteiger partial charge is 0.123 e. The summed E-state index contributed by atoms with van der Waals surface area (Å²) < 4.78 is 0. The lowest BCUT2D eigenvalue weighted by Gasteiger charge is -2.01. The summed E-state index contributed by atoms with van der Waals surface area (Å²) in [5.41, 5.74) is 0.839. The van der Waals surface area contributed by atoms with E-state index in [0.717, 1.165) is 16.3 Å². The average Bonchev–Trinajstić information content (AvgIpc) is 2.04. The highest BCUT2D eigenvalue weighted by molar-refractivity contribution is 5.88. The van der Waals surface area contributed by atoms with Gasteiger partial charge in [0.25, 0.3) is 0 Å². The van der Waals surface area contributed by atoms with E-state index in [1.165, 1.54) is 0 Å². The van der Waals surface area contributed by atoms with Crippen LogP contribution in [-0.2, 0) is 0 Å². The molecule has 59 valence electrons. The fourth-order valence-corrected chi connectivity index (χ4v) is 1.35. The van der Waals surface area contributed by atoms with Crippen LogP contribution in [0, 0.1) is 6.92 Å². The Labute approximate surface area is 71.3 Å². The Kier molecular flexibility index (Phi) is 1.51. The lowest BCUT2D eigenvalue weighted by molar-refractivity contribution is 0.481. The molecule has 0 amide bonds. The second kappa shape index (κ2) is 2.52. The topological polar surface area (TPSA) is 20.2 Å². The van der Waals surface area contributed by atoms with Gasteiger partial charge in [-0.3, -0.25) is 0 Å². The molecule has 0 aliphatic carbocycles. The van der Waals surface area contributed by atoms with Crippen LogP contribution in [0.1, 0.15) is 5.56 Å². The number of fused-ring (bicyclic) bond motifs is 1. The quantitative estimate of drug-likeness (QED) is 0.623. The minimum Gasteiger partial charge on any atom is -0.507 e. The largest absolute Gasteiger partial charge is 0.507 e. The van der Waals surface area contributed by atoms with Crippen molar-refractivity contribution < 1.29 is 5.11 Å². The highest BCUT2D eigenvalue weighted by Gasteiger charge is 1.98. The van der Waals surface area contributed by atoms with Crippen LogP contribution in [0.4, 0.5) is 0 Å². The maximum Gasteiger partial charge on any atom is 0.123 e. The molecule has 0 saturated carbocycles. The lowest BCUT2D eigenvalue weighted by Crippen LogP contribution is -1.76. The van der Waals surface area contributed by atoms with Crippen molar-refractivity contribution in [1.82, 2.24) is 0 Å². The van der Waals surface area contributed by atoms with Gasteiger partial charge in [0.2, 0.25) is 0 Å². The van der Waals surface area contributed by atoms with Crippen molar-refractivity contribution in [2.24, 2.45) is 0 Å². The third kappa shape index (κ3) is 1.03. The van der Waals surface area contributed by atoms with Crippen molar-refractivity contribution in [1.29, 1.82) is 0 Å². The minimum atomic E-state index is 0.304. The third-order valence-electron chi connectivity index (χ3n) is 1.90. The first-order chi connectivity index (χ1) is 5.77. The zero-order valence-electron chi connectivity index (χ0n) is 6.62. The zero-order valence-corrected chi connectivity index (χ0v) is 6.62. The van der Waals surface area contributed by atoms with Gasteiger partial charge in [0.15, 0.2) is 0 Å². The van der Waals surface area contributed by atoms with Crippen LogP contribution in [0.25, 0.3) is 10.8 Å². The number of phenolic OH excluding ortho intramolecular Hbond substituents is 1. The Hall–Kier alpha value is -1.50. The van der Waals surface area contributed by atoms with Crippen molar-refractivity contribution in [3.05, 3.63) is 48.9 Å². The minimum absolute atomic E-state index is 0.304. The summed E-state index contributed by atoms with van der Waals surface area (Å²) in [6, 6.07) is 11.3. The first-order valence-corrected chi connectivity index (χ1v) is 3.81. The van der Waals surface area contributed by atoms with E-state index in [9.17, 15) is 5.11 Å². The van der Waals surface area contributed by atoms with Crippen LogP contribution < -0.4 is 0 Å². The predicted molar refractivity (Wildman–Crippen MR) is 50.1 cm³/mol. The maximum absolute atomic E-state index is 9.51. The molecule has 2 rings (SSSR count). The molecule has 0 atom stereocenters. The van der Waals surface area contributed by atoms with Crippen molar-refractivity contribution in [2.75, 3.05) is 0 Å². The van der Waals surface area contributed by atoms with Crippen molar-refractivity contribution in [3.63, 3.8) is 0 Å². The maximum atomic E-state index is 9.51. The van der Waals surface area contributed by atoms with E-state index in [1.807, 2.05) is 30.3 Å². The first-order valence-electron chi connectivity index (χ1n) is 3.81. The standard InChI is InChI=1S/C11H9O/c1-8-6-9-4-2-3-5-10(9)11(12)7-8/h2-7,12H,1H2. The molecule has 0 aromatic heterocycles. The van der Waals surface area contributed by atoms with Gasteiger partial charge >= 0.3 is 0 Å². The number of hydrogen-bond donors (Lipinski definition) is 1. The van der Waals surface area contributed by atoms with Gasteiger partial charge in [0, 0.05) is 5.39 Å². The molecule has 12 heavy (non-hydrogen) atoms. The molecule has 0 aliphatic heterocycles. The van der Waals surface area contributed by atoms with E-state index in [0.29, 0.717) is 5.75 Å². The third-order valence-corrected chi connectivity index (χ3v) is 1.90. The van der Waals surface area contributed by atoms with E-state index in [1.54, 1.807) is 6.07 Å². The van der Waals surface area contributed by atoms with Crippen LogP contribution in [0.2, 0.25) is 0 Å². The van der Waals surface area contributed by atoms with E-state index in [-0.39, 0.29) is 0 Å². The van der Waals surface area contributed by atoms with Crippen molar-refractivity contribution in [3.8, 4) is 5.75 Å². The van der Waals surface area contributed by atoms with Crippen molar-refractivity contribution >= 4 is 10.8 Å². The monoisotopic (exact) mass is 157 g/mol. The molecule has 1 N–H and O–H groups in total. The molecule has 2 aromatic rings. The Bertz CT molecular complexity index is 418. The van der Waals surface area contributed by atoms with E-state index < -0.39 is 0 Å². The number of rotatable bonds is 0. The van der Waals surface area contributed by atoms with Gasteiger partial charge in [-0.2, -0.15) is 0 Å². The highest BCUT2D eigenvalue weighted by atomic mass is 16.3. The van der Waals surface area contributed by atoms with Gasteiger partial charge in [-0.15, -0.1) is 0 Å². The Morgan fingerprint density at radius 2 is 1.83 bits per heavy atom. The van der Waals surface area contributed by atoms with Gasteiger partial charge in [0.1, 0.15) is 5.75 Å². The fraction of sp³-hybridized carbons (Fsp3) is 0. The summed E-state index contributed by atoms with van der Waals surface area (Å²) in [7, 11) is 0. The van der Waals surface area contributed by atoms with Crippen LogP contribution in [0.5, 0.6) is 5.75 Å². The van der Waals surface area contributed by atoms with Gasteiger partial charge in [-0.1, -0.05) is 30.3 Å². The van der Waals surface area contributed by atoms with E-state index in [2.05, 4.69) is 6.92 Å². The second-order valence-corrected chi connectivity index (χ2v) is 2.84. The number of hydrogen-bond acceptors (Lipinski definition) is 1.